The number of aromatic hydroxyl groups is 1. The summed E-state index contributed by atoms with van der Waals surface area (Å²) in [4.78, 5) is 38.4. The fourth-order valence-corrected chi connectivity index (χ4v) is 3.09. The minimum absolute atomic E-state index is 0.0767. The van der Waals surface area contributed by atoms with Crippen molar-refractivity contribution in [3.05, 3.63) is 52.9 Å². The van der Waals surface area contributed by atoms with E-state index in [4.69, 9.17) is 0 Å². The molecule has 1 aliphatic rings. The Hall–Kier alpha value is -3.35. The van der Waals surface area contributed by atoms with Gasteiger partial charge in [-0.3, -0.25) is 19.4 Å². The fourth-order valence-electron chi connectivity index (χ4n) is 3.09. The fraction of sp³-hybridized carbons (Fsp3) is 0.211. The van der Waals surface area contributed by atoms with Gasteiger partial charge in [-0.2, -0.15) is 0 Å². The van der Waals surface area contributed by atoms with E-state index in [0.717, 1.165) is 21.2 Å². The first-order chi connectivity index (χ1) is 12.2. The monoisotopic (exact) mass is 353 g/mol. The van der Waals surface area contributed by atoms with Gasteiger partial charge in [0, 0.05) is 25.5 Å². The van der Waals surface area contributed by atoms with Gasteiger partial charge in [0.15, 0.2) is 0 Å². The Bertz CT molecular complexity index is 945. The van der Waals surface area contributed by atoms with Gasteiger partial charge in [-0.25, -0.2) is 4.79 Å². The molecule has 26 heavy (non-hydrogen) atoms. The lowest BCUT2D eigenvalue weighted by atomic mass is 10.1. The SMILES string of the molecule is Cc1cc(C=C2C(=O)N(C)C(=O)N(C)C2=O)c(C)n1-c1ccccc1O. The maximum Gasteiger partial charge on any atom is 0.333 e. The summed E-state index contributed by atoms with van der Waals surface area (Å²) >= 11 is 0. The summed E-state index contributed by atoms with van der Waals surface area (Å²) in [6.45, 7) is 3.70. The first kappa shape index (κ1) is 17.5. The van der Waals surface area contributed by atoms with Gasteiger partial charge in [0.05, 0.1) is 5.69 Å². The van der Waals surface area contributed by atoms with Crippen molar-refractivity contribution in [3.63, 3.8) is 0 Å². The predicted molar refractivity (Wildman–Crippen MR) is 95.8 cm³/mol. The van der Waals surface area contributed by atoms with Crippen LogP contribution in [-0.2, 0) is 9.59 Å². The Labute approximate surface area is 150 Å². The molecule has 0 saturated carbocycles. The first-order valence-corrected chi connectivity index (χ1v) is 8.03. The molecule has 1 N–H and O–H groups in total. The molecule has 7 nitrogen and oxygen atoms in total. The lowest BCUT2D eigenvalue weighted by Gasteiger charge is -2.28. The summed E-state index contributed by atoms with van der Waals surface area (Å²) in [5.41, 5.74) is 2.80. The Morgan fingerprint density at radius 3 is 2.12 bits per heavy atom. The van der Waals surface area contributed by atoms with Crippen molar-refractivity contribution in [1.29, 1.82) is 0 Å². The highest BCUT2D eigenvalue weighted by atomic mass is 16.3. The normalized spacial score (nSPS) is 15.1. The number of amides is 4. The number of nitrogens with zero attached hydrogens (tertiary/aromatic N) is 3. The minimum Gasteiger partial charge on any atom is -0.506 e. The van der Waals surface area contributed by atoms with E-state index in [1.54, 1.807) is 18.2 Å². The number of phenols is 1. The van der Waals surface area contributed by atoms with Crippen LogP contribution in [0.25, 0.3) is 11.8 Å². The quantitative estimate of drug-likeness (QED) is 0.663. The molecule has 0 bridgehead atoms. The molecule has 1 fully saturated rings. The van der Waals surface area contributed by atoms with Gasteiger partial charge in [-0.15, -0.1) is 0 Å². The van der Waals surface area contributed by atoms with Crippen LogP contribution in [0.3, 0.4) is 0 Å². The highest BCUT2D eigenvalue weighted by Crippen LogP contribution is 2.29. The Morgan fingerprint density at radius 1 is 0.962 bits per heavy atom. The van der Waals surface area contributed by atoms with Crippen molar-refractivity contribution in [2.45, 2.75) is 13.8 Å². The van der Waals surface area contributed by atoms with E-state index in [1.807, 2.05) is 30.5 Å². The molecule has 2 heterocycles. The molecule has 0 aliphatic carbocycles. The number of urea groups is 1. The third-order valence-electron chi connectivity index (χ3n) is 4.54. The largest absolute Gasteiger partial charge is 0.506 e. The van der Waals surface area contributed by atoms with E-state index in [1.165, 1.54) is 20.2 Å². The van der Waals surface area contributed by atoms with Gasteiger partial charge >= 0.3 is 6.03 Å². The summed E-state index contributed by atoms with van der Waals surface area (Å²) < 4.78 is 1.85. The number of aromatic nitrogens is 1. The van der Waals surface area contributed by atoms with Gasteiger partial charge in [0.2, 0.25) is 0 Å². The molecule has 1 aromatic carbocycles. The number of benzene rings is 1. The van der Waals surface area contributed by atoms with Crippen molar-refractivity contribution in [3.8, 4) is 11.4 Å². The van der Waals surface area contributed by atoms with Crippen LogP contribution in [0.15, 0.2) is 35.9 Å². The standard InChI is InChI=1S/C19H19N3O4/c1-11-9-13(12(2)22(11)15-7-5-6-8-16(15)23)10-14-17(24)20(3)19(26)21(4)18(14)25/h5-10,23H,1-4H3. The molecule has 3 rings (SSSR count). The molecule has 134 valence electrons. The highest BCUT2D eigenvalue weighted by molar-refractivity contribution is 6.30. The van der Waals surface area contributed by atoms with E-state index < -0.39 is 17.8 Å². The van der Waals surface area contributed by atoms with Gasteiger partial charge in [-0.05, 0) is 43.7 Å². The van der Waals surface area contributed by atoms with Gasteiger partial charge in [-0.1, -0.05) is 12.1 Å². The van der Waals surface area contributed by atoms with Crippen LogP contribution in [0.5, 0.6) is 5.75 Å². The van der Waals surface area contributed by atoms with E-state index in [0.29, 0.717) is 11.3 Å². The number of carbonyl (C=O) groups is 3. The second-order valence-corrected chi connectivity index (χ2v) is 6.22. The molecule has 1 saturated heterocycles. The molecule has 0 radical (unpaired) electrons. The average Bonchev–Trinajstić information content (AvgIpc) is 2.89. The van der Waals surface area contributed by atoms with Crippen LogP contribution in [-0.4, -0.2) is 51.4 Å². The number of carbonyl (C=O) groups excluding carboxylic acids is 3. The predicted octanol–water partition coefficient (Wildman–Crippen LogP) is 2.23. The third-order valence-corrected chi connectivity index (χ3v) is 4.54. The lowest BCUT2D eigenvalue weighted by molar-refractivity contribution is -0.134. The number of rotatable bonds is 2. The summed E-state index contributed by atoms with van der Waals surface area (Å²) in [6.07, 6.45) is 1.49. The van der Waals surface area contributed by atoms with E-state index >= 15 is 0 Å². The number of imide groups is 2. The average molecular weight is 353 g/mol. The second kappa shape index (κ2) is 6.18. The topological polar surface area (TPSA) is 82.9 Å². The molecule has 1 aliphatic heterocycles. The van der Waals surface area contributed by atoms with Crippen molar-refractivity contribution in [2.75, 3.05) is 14.1 Å². The van der Waals surface area contributed by atoms with Gasteiger partial charge in [0.25, 0.3) is 11.8 Å². The van der Waals surface area contributed by atoms with Crippen molar-refractivity contribution >= 4 is 23.9 Å². The number of hydrogen-bond donors (Lipinski definition) is 1. The Kier molecular flexibility index (Phi) is 4.15. The number of phenolic OH excluding ortho intramolecular Hbond substituents is 1. The number of aryl methyl sites for hydroxylation is 1. The van der Waals surface area contributed by atoms with Crippen molar-refractivity contribution in [1.82, 2.24) is 14.4 Å². The Morgan fingerprint density at radius 2 is 1.54 bits per heavy atom. The number of hydrogen-bond acceptors (Lipinski definition) is 4. The zero-order valence-electron chi connectivity index (χ0n) is 15.0. The molecular formula is C19H19N3O4. The zero-order valence-corrected chi connectivity index (χ0v) is 15.0. The Balaban J connectivity index is 2.12. The molecule has 0 atom stereocenters. The van der Waals surface area contributed by atoms with Gasteiger partial charge in [0.1, 0.15) is 11.3 Å². The van der Waals surface area contributed by atoms with E-state index in [9.17, 15) is 19.5 Å². The van der Waals surface area contributed by atoms with Crippen LogP contribution in [0.1, 0.15) is 17.0 Å². The summed E-state index contributed by atoms with van der Waals surface area (Å²) in [5.74, 6) is -1.14. The summed E-state index contributed by atoms with van der Waals surface area (Å²) in [7, 11) is 2.68. The molecule has 1 aromatic heterocycles. The number of barbiturate groups is 1. The van der Waals surface area contributed by atoms with Crippen LogP contribution in [0.2, 0.25) is 0 Å². The van der Waals surface area contributed by atoms with E-state index in [-0.39, 0.29) is 11.3 Å². The van der Waals surface area contributed by atoms with Crippen LogP contribution in [0, 0.1) is 13.8 Å². The molecule has 0 unspecified atom stereocenters. The van der Waals surface area contributed by atoms with Gasteiger partial charge < -0.3 is 9.67 Å². The van der Waals surface area contributed by atoms with Crippen LogP contribution >= 0.6 is 0 Å². The summed E-state index contributed by atoms with van der Waals surface area (Å²) in [5, 5.41) is 10.1. The summed E-state index contributed by atoms with van der Waals surface area (Å²) in [6, 6.07) is 8.09. The molecule has 7 heteroatoms. The lowest BCUT2D eigenvalue weighted by Crippen LogP contribution is -2.52. The van der Waals surface area contributed by atoms with Crippen molar-refractivity contribution < 1.29 is 19.5 Å². The smallest absolute Gasteiger partial charge is 0.333 e. The minimum atomic E-state index is -0.656. The van der Waals surface area contributed by atoms with Crippen LogP contribution in [0.4, 0.5) is 4.79 Å². The number of likely N-dealkylation sites (N-methyl/N-ethyl adjacent to an activating group) is 2. The second-order valence-electron chi connectivity index (χ2n) is 6.22. The first-order valence-electron chi connectivity index (χ1n) is 8.03. The molecule has 0 spiro atoms. The van der Waals surface area contributed by atoms with Crippen molar-refractivity contribution in [2.24, 2.45) is 0 Å². The highest BCUT2D eigenvalue weighted by Gasteiger charge is 2.38. The van der Waals surface area contributed by atoms with E-state index in [2.05, 4.69) is 0 Å². The number of para-hydroxylation sites is 2. The molecular weight excluding hydrogens is 334 g/mol. The zero-order chi connectivity index (χ0) is 19.2. The van der Waals surface area contributed by atoms with Crippen LogP contribution < -0.4 is 0 Å². The molecule has 2 aromatic rings. The molecule has 4 amide bonds. The third kappa shape index (κ3) is 2.57. The maximum absolute atomic E-state index is 12.4. The maximum atomic E-state index is 12.4.